The van der Waals surface area contributed by atoms with Crippen LogP contribution in [0.3, 0.4) is 0 Å². The van der Waals surface area contributed by atoms with Crippen molar-refractivity contribution in [1.29, 1.82) is 0 Å². The van der Waals surface area contributed by atoms with E-state index in [1.54, 1.807) is 7.05 Å². The Kier molecular flexibility index (Phi) is 28.1. The van der Waals surface area contributed by atoms with Crippen molar-refractivity contribution >= 4 is 35.1 Å². The van der Waals surface area contributed by atoms with Gasteiger partial charge < -0.3 is 95.6 Å². The first-order valence-electron chi connectivity index (χ1n) is 24.3. The van der Waals surface area contributed by atoms with Crippen LogP contribution in [0.2, 0.25) is 0 Å². The smallest absolute Gasteiger partial charge is 0.237 e. The molecule has 0 aliphatic carbocycles. The van der Waals surface area contributed by atoms with Crippen LogP contribution in [0.15, 0.2) is 0 Å². The van der Waals surface area contributed by atoms with Crippen LogP contribution in [0, 0.1) is 0 Å². The number of amides is 3. The lowest BCUT2D eigenvalue weighted by Gasteiger charge is -2.39. The number of nitrogens with zero attached hydrogens (tertiary/aromatic N) is 1. The summed E-state index contributed by atoms with van der Waals surface area (Å²) in [7, 11) is 1.61. The second-order valence-corrected chi connectivity index (χ2v) is 18.2. The van der Waals surface area contributed by atoms with Gasteiger partial charge in [-0.15, -0.1) is 0 Å². The van der Waals surface area contributed by atoms with Gasteiger partial charge in [-0.2, -0.15) is 0 Å². The molecule has 3 aliphatic heterocycles. The summed E-state index contributed by atoms with van der Waals surface area (Å²) in [6.07, 6.45) is -17.3. The molecular weight excluding hydrogens is 947 g/mol. The van der Waals surface area contributed by atoms with E-state index in [0.717, 1.165) is 0 Å². The molecule has 3 aliphatic rings. The first-order valence-corrected chi connectivity index (χ1v) is 24.3. The zero-order valence-corrected chi connectivity index (χ0v) is 41.0. The number of ketones is 3. The van der Waals surface area contributed by atoms with E-state index in [9.17, 15) is 74.7 Å². The van der Waals surface area contributed by atoms with Gasteiger partial charge in [0.1, 0.15) is 66.5 Å². The SMILES string of the molecule is CNCC(=O)CC(=O)CCCCC(=O)CCCCC[C@@H](C(=O)NCCO[C@@H]1O[C@@H](C)[C@@H](O)[C@@H](O)[C@@H]1O)N(CC(=O)NCCO[C@@H]1O[C@@H](C)[C@@H](O)[C@@H](O)[C@@H]1O)CC(=O)NCCO[C@@H]1O[C@@H](C)[C@@H](O)[C@@H](O)[C@@H]1O. The lowest BCUT2D eigenvalue weighted by atomic mass is 10.0. The van der Waals surface area contributed by atoms with Gasteiger partial charge >= 0.3 is 0 Å². The van der Waals surface area contributed by atoms with E-state index in [4.69, 9.17) is 28.4 Å². The second kappa shape index (κ2) is 32.1. The van der Waals surface area contributed by atoms with Crippen molar-refractivity contribution in [3.8, 4) is 0 Å². The van der Waals surface area contributed by atoms with Crippen molar-refractivity contribution in [3.63, 3.8) is 0 Å². The molecule has 0 aromatic rings. The zero-order valence-electron chi connectivity index (χ0n) is 41.0. The number of aliphatic hydroxyl groups excluding tert-OH is 9. The molecule has 71 heavy (non-hydrogen) atoms. The Bertz CT molecular complexity index is 1600. The molecule has 3 rings (SSSR count). The number of hydrogen-bond acceptors (Lipinski definition) is 23. The van der Waals surface area contributed by atoms with Gasteiger partial charge in [0.2, 0.25) is 17.7 Å². The molecule has 13 N–H and O–H groups in total. The molecule has 26 nitrogen and oxygen atoms in total. The number of Topliss-reactive ketones (excluding diaryl/α,β-unsaturated/α-hetero) is 3. The first-order chi connectivity index (χ1) is 33.7. The van der Waals surface area contributed by atoms with Crippen LogP contribution in [-0.4, -0.2) is 250 Å². The lowest BCUT2D eigenvalue weighted by Crippen LogP contribution is -2.58. The van der Waals surface area contributed by atoms with Crippen LogP contribution < -0.4 is 21.3 Å². The molecule has 16 atom stereocenters. The van der Waals surface area contributed by atoms with Crippen LogP contribution in [-0.2, 0) is 57.2 Å². The molecule has 3 fully saturated rings. The Morgan fingerprint density at radius 1 is 0.493 bits per heavy atom. The summed E-state index contributed by atoms with van der Waals surface area (Å²) >= 11 is 0. The Balaban J connectivity index is 1.67. The van der Waals surface area contributed by atoms with Gasteiger partial charge in [-0.3, -0.25) is 33.7 Å². The average molecular weight is 1030 g/mol. The molecule has 3 amide bonds. The predicted molar refractivity (Wildman–Crippen MR) is 244 cm³/mol. The number of unbranched alkanes of at least 4 members (excludes halogenated alkanes) is 3. The van der Waals surface area contributed by atoms with Gasteiger partial charge in [-0.05, 0) is 53.5 Å². The normalized spacial score (nSPS) is 31.4. The van der Waals surface area contributed by atoms with E-state index in [1.807, 2.05) is 0 Å². The van der Waals surface area contributed by atoms with Gasteiger partial charge in [-0.1, -0.05) is 12.8 Å². The summed E-state index contributed by atoms with van der Waals surface area (Å²) in [6.45, 7) is 2.36. The Hall–Kier alpha value is -3.26. The highest BCUT2D eigenvalue weighted by Crippen LogP contribution is 2.24. The van der Waals surface area contributed by atoms with Crippen LogP contribution in [0.1, 0.15) is 85.0 Å². The molecule has 0 radical (unpaired) electrons. The van der Waals surface area contributed by atoms with E-state index in [-0.39, 0.29) is 95.5 Å². The van der Waals surface area contributed by atoms with Crippen molar-refractivity contribution < 1.29 is 103 Å². The zero-order chi connectivity index (χ0) is 52.8. The van der Waals surface area contributed by atoms with Crippen LogP contribution in [0.4, 0.5) is 0 Å². The predicted octanol–water partition coefficient (Wildman–Crippen LogP) is -5.63. The number of carbonyl (C=O) groups excluding carboxylic acids is 6. The fraction of sp³-hybridized carbons (Fsp3) is 0.867. The van der Waals surface area contributed by atoms with Crippen LogP contribution in [0.5, 0.6) is 0 Å². The third-order valence-electron chi connectivity index (χ3n) is 12.3. The maximum Gasteiger partial charge on any atom is 0.237 e. The van der Waals surface area contributed by atoms with Gasteiger partial charge in [0.25, 0.3) is 0 Å². The minimum Gasteiger partial charge on any atom is -0.388 e. The van der Waals surface area contributed by atoms with Crippen LogP contribution >= 0.6 is 0 Å². The third-order valence-corrected chi connectivity index (χ3v) is 12.3. The molecule has 0 aromatic heterocycles. The highest BCUT2D eigenvalue weighted by molar-refractivity contribution is 5.99. The number of nitrogens with one attached hydrogen (secondary N) is 4. The molecule has 26 heteroatoms. The molecule has 0 aromatic carbocycles. The molecule has 0 saturated carbocycles. The van der Waals surface area contributed by atoms with E-state index in [0.29, 0.717) is 32.1 Å². The average Bonchev–Trinajstić information content (AvgIpc) is 3.32. The maximum absolute atomic E-state index is 14.0. The summed E-state index contributed by atoms with van der Waals surface area (Å²) in [4.78, 5) is 78.8. The topological polar surface area (TPSA) is 391 Å². The highest BCUT2D eigenvalue weighted by atomic mass is 16.7. The molecule has 0 bridgehead atoms. The largest absolute Gasteiger partial charge is 0.388 e. The van der Waals surface area contributed by atoms with E-state index in [2.05, 4.69) is 21.3 Å². The van der Waals surface area contributed by atoms with E-state index >= 15 is 0 Å². The summed E-state index contributed by atoms with van der Waals surface area (Å²) in [6, 6.07) is -1.15. The number of aliphatic hydroxyl groups is 9. The minimum absolute atomic E-state index is 0.0231. The van der Waals surface area contributed by atoms with Crippen molar-refractivity contribution in [1.82, 2.24) is 26.2 Å². The quantitative estimate of drug-likeness (QED) is 0.0215. The Morgan fingerprint density at radius 3 is 1.28 bits per heavy atom. The van der Waals surface area contributed by atoms with Crippen molar-refractivity contribution in [2.45, 2.75) is 183 Å². The molecular formula is C45H79N5O21. The summed E-state index contributed by atoms with van der Waals surface area (Å²) in [5.74, 6) is -2.36. The number of hydrogen-bond donors (Lipinski definition) is 13. The monoisotopic (exact) mass is 1030 g/mol. The Morgan fingerprint density at radius 2 is 0.873 bits per heavy atom. The second-order valence-electron chi connectivity index (χ2n) is 18.2. The molecule has 0 spiro atoms. The summed E-state index contributed by atoms with van der Waals surface area (Å²) < 4.78 is 32.9. The molecule has 3 heterocycles. The summed E-state index contributed by atoms with van der Waals surface area (Å²) in [5.41, 5.74) is 0. The molecule has 3 saturated heterocycles. The van der Waals surface area contributed by atoms with Crippen molar-refractivity contribution in [3.05, 3.63) is 0 Å². The van der Waals surface area contributed by atoms with Gasteiger partial charge in [-0.25, -0.2) is 0 Å². The van der Waals surface area contributed by atoms with Crippen LogP contribution in [0.25, 0.3) is 0 Å². The number of ether oxygens (including phenoxy) is 6. The van der Waals surface area contributed by atoms with Crippen molar-refractivity contribution in [2.24, 2.45) is 0 Å². The minimum atomic E-state index is -1.60. The number of likely N-dealkylation sites (N-methyl/N-ethyl adjacent to an activating group) is 1. The Labute approximate surface area is 413 Å². The number of rotatable bonds is 33. The van der Waals surface area contributed by atoms with Crippen molar-refractivity contribution in [2.75, 3.05) is 66.1 Å². The van der Waals surface area contributed by atoms with Gasteiger partial charge in [0, 0.05) is 38.9 Å². The highest BCUT2D eigenvalue weighted by Gasteiger charge is 2.44. The standard InChI is InChI=1S/C45H79N5O21/c1-24-33(56)36(59)39(62)43(69-24)66-17-14-47-31(54)22-50(23-32(55)48-15-18-67-44-40(63)37(60)34(57)25(2)70-44)30(42(65)49-16-19-68-45-41(64)38(61)35(58)26(3)71-45)13-7-5-6-10-27(51)11-8-9-12-28(52)20-29(53)21-46-4/h24-26,30,33-41,43-46,56-64H,5-23H2,1-4H3,(H,47,54)(H,48,55)(H,49,65)/t24-,25-,26-,30-,33+,34+,35+,36+,37+,38+,39-,40-,41-,43+,44+,45+/m0/s1. The first kappa shape index (κ1) is 62.0. The van der Waals surface area contributed by atoms with Gasteiger partial charge in [0.15, 0.2) is 24.7 Å². The number of carbonyl (C=O) groups is 6. The third kappa shape index (κ3) is 20.9. The summed E-state index contributed by atoms with van der Waals surface area (Å²) in [5, 5.41) is 102. The molecule has 410 valence electrons. The van der Waals surface area contributed by atoms with E-state index in [1.165, 1.54) is 25.7 Å². The lowest BCUT2D eigenvalue weighted by molar-refractivity contribution is -0.292. The van der Waals surface area contributed by atoms with Gasteiger partial charge in [0.05, 0.1) is 70.2 Å². The fourth-order valence-electron chi connectivity index (χ4n) is 8.06. The molecule has 0 unspecified atom stereocenters. The fourth-order valence-corrected chi connectivity index (χ4v) is 8.06. The maximum atomic E-state index is 14.0. The van der Waals surface area contributed by atoms with E-state index < -0.39 is 129 Å².